The van der Waals surface area contributed by atoms with E-state index in [1.807, 2.05) is 25.1 Å². The van der Waals surface area contributed by atoms with E-state index in [-0.39, 0.29) is 29.6 Å². The molecule has 0 spiro atoms. The van der Waals surface area contributed by atoms with Crippen molar-refractivity contribution in [2.24, 2.45) is 11.7 Å². The van der Waals surface area contributed by atoms with Crippen LogP contribution >= 0.6 is 24.2 Å². The van der Waals surface area contributed by atoms with Crippen LogP contribution < -0.4 is 11.1 Å². The topological polar surface area (TPSA) is 55.1 Å². The molecule has 1 rings (SSSR count). The molecule has 3 N–H and O–H groups in total. The average Bonchev–Trinajstić information content (AvgIpc) is 2.44. The van der Waals surface area contributed by atoms with Crippen molar-refractivity contribution < 1.29 is 4.79 Å². The highest BCUT2D eigenvalue weighted by molar-refractivity contribution is 7.99. The Bertz CT molecular complexity index is 401. The van der Waals surface area contributed by atoms with Gasteiger partial charge in [-0.3, -0.25) is 4.79 Å². The molecule has 21 heavy (non-hydrogen) atoms. The summed E-state index contributed by atoms with van der Waals surface area (Å²) in [6, 6.07) is 10.3. The minimum Gasteiger partial charge on any atom is -0.351 e. The van der Waals surface area contributed by atoms with Crippen LogP contribution in [0.4, 0.5) is 0 Å². The van der Waals surface area contributed by atoms with Gasteiger partial charge in [0.1, 0.15) is 0 Å². The van der Waals surface area contributed by atoms with Gasteiger partial charge >= 0.3 is 0 Å². The van der Waals surface area contributed by atoms with E-state index >= 15 is 0 Å². The molecule has 0 saturated carbocycles. The van der Waals surface area contributed by atoms with Gasteiger partial charge in [0.25, 0.3) is 0 Å². The van der Waals surface area contributed by atoms with E-state index in [4.69, 9.17) is 5.73 Å². The smallest absolute Gasteiger partial charge is 0.233 e. The summed E-state index contributed by atoms with van der Waals surface area (Å²) in [6.07, 6.45) is 0.929. The minimum absolute atomic E-state index is 0. The van der Waals surface area contributed by atoms with E-state index in [1.54, 1.807) is 11.8 Å². The van der Waals surface area contributed by atoms with Crippen LogP contribution in [0.5, 0.6) is 0 Å². The molecule has 2 atom stereocenters. The number of thioether (sulfide) groups is 1. The zero-order valence-electron chi connectivity index (χ0n) is 13.0. The largest absolute Gasteiger partial charge is 0.351 e. The lowest BCUT2D eigenvalue weighted by Gasteiger charge is -2.21. The normalized spacial score (nSPS) is 13.4. The fraction of sp³-hybridized carbons (Fsp3) is 0.562. The molecule has 3 nitrogen and oxygen atoms in total. The summed E-state index contributed by atoms with van der Waals surface area (Å²) < 4.78 is 0. The Balaban J connectivity index is 0.00000400. The van der Waals surface area contributed by atoms with Crippen molar-refractivity contribution in [1.82, 2.24) is 5.32 Å². The van der Waals surface area contributed by atoms with E-state index in [2.05, 4.69) is 31.3 Å². The summed E-state index contributed by atoms with van der Waals surface area (Å²) in [5.74, 6) is 1.48. The highest BCUT2D eigenvalue weighted by Gasteiger charge is 2.17. The summed E-state index contributed by atoms with van der Waals surface area (Å²) in [6.45, 7) is 6.73. The van der Waals surface area contributed by atoms with Gasteiger partial charge in [-0.15, -0.1) is 24.2 Å². The lowest BCUT2D eigenvalue weighted by atomic mass is 10.0. The number of hydrogen-bond acceptors (Lipinski definition) is 3. The van der Waals surface area contributed by atoms with Gasteiger partial charge in [-0.1, -0.05) is 44.2 Å². The molecule has 0 radical (unpaired) electrons. The van der Waals surface area contributed by atoms with Crippen molar-refractivity contribution in [3.63, 3.8) is 0 Å². The van der Waals surface area contributed by atoms with Crippen molar-refractivity contribution >= 4 is 30.1 Å². The summed E-state index contributed by atoms with van der Waals surface area (Å²) in [4.78, 5) is 12.1. The van der Waals surface area contributed by atoms with Gasteiger partial charge in [0.15, 0.2) is 0 Å². The molecule has 0 heterocycles. The van der Waals surface area contributed by atoms with Crippen molar-refractivity contribution in [1.29, 1.82) is 0 Å². The number of carbonyl (C=O) groups excluding carboxylic acids is 1. The highest BCUT2D eigenvalue weighted by atomic mass is 35.5. The molecule has 120 valence electrons. The zero-order valence-corrected chi connectivity index (χ0v) is 14.7. The third-order valence-corrected chi connectivity index (χ3v) is 4.31. The standard InChI is InChI=1S/C16H26N2OS.ClH/c1-12(2)9-15(10-17)18-16(19)13(3)20-11-14-7-5-4-6-8-14;/h4-8,12-13,15H,9-11,17H2,1-3H3,(H,18,19);1H. The highest BCUT2D eigenvalue weighted by Crippen LogP contribution is 2.18. The molecule has 0 saturated heterocycles. The van der Waals surface area contributed by atoms with Crippen molar-refractivity contribution in [3.8, 4) is 0 Å². The lowest BCUT2D eigenvalue weighted by Crippen LogP contribution is -2.44. The van der Waals surface area contributed by atoms with Crippen molar-refractivity contribution in [2.75, 3.05) is 6.54 Å². The van der Waals surface area contributed by atoms with Crippen LogP contribution in [0.25, 0.3) is 0 Å². The fourth-order valence-electron chi connectivity index (χ4n) is 1.97. The Morgan fingerprint density at radius 3 is 2.38 bits per heavy atom. The molecule has 2 unspecified atom stereocenters. The molecule has 0 aliphatic carbocycles. The number of benzene rings is 1. The maximum Gasteiger partial charge on any atom is 0.233 e. The Morgan fingerprint density at radius 2 is 1.86 bits per heavy atom. The van der Waals surface area contributed by atoms with E-state index in [0.717, 1.165) is 12.2 Å². The first-order valence-electron chi connectivity index (χ1n) is 7.19. The molecule has 0 aromatic heterocycles. The van der Waals surface area contributed by atoms with Gasteiger partial charge in [-0.25, -0.2) is 0 Å². The summed E-state index contributed by atoms with van der Waals surface area (Å²) >= 11 is 1.66. The molecule has 5 heteroatoms. The van der Waals surface area contributed by atoms with Crippen LogP contribution in [0.1, 0.15) is 32.8 Å². The summed E-state index contributed by atoms with van der Waals surface area (Å²) in [7, 11) is 0. The van der Waals surface area contributed by atoms with Gasteiger partial charge < -0.3 is 11.1 Å². The second kappa shape index (κ2) is 10.9. The van der Waals surface area contributed by atoms with Gasteiger partial charge in [-0.05, 0) is 24.8 Å². The molecule has 0 fully saturated rings. The number of nitrogens with one attached hydrogen (secondary N) is 1. The minimum atomic E-state index is -0.0589. The first-order chi connectivity index (χ1) is 9.52. The van der Waals surface area contributed by atoms with Crippen LogP contribution in [0.3, 0.4) is 0 Å². The second-order valence-electron chi connectivity index (χ2n) is 5.51. The number of carbonyl (C=O) groups is 1. The molecule has 0 aliphatic heterocycles. The van der Waals surface area contributed by atoms with E-state index in [0.29, 0.717) is 12.5 Å². The first kappa shape index (κ1) is 20.3. The maximum absolute atomic E-state index is 12.1. The van der Waals surface area contributed by atoms with Gasteiger partial charge in [0.05, 0.1) is 5.25 Å². The fourth-order valence-corrected chi connectivity index (χ4v) is 2.83. The second-order valence-corrected chi connectivity index (χ2v) is 6.84. The van der Waals surface area contributed by atoms with Gasteiger partial charge in [0, 0.05) is 18.3 Å². The average molecular weight is 331 g/mol. The predicted octanol–water partition coefficient (Wildman–Crippen LogP) is 3.22. The third-order valence-electron chi connectivity index (χ3n) is 3.10. The summed E-state index contributed by atoms with van der Waals surface area (Å²) in [5, 5.41) is 2.99. The van der Waals surface area contributed by atoms with Crippen molar-refractivity contribution in [3.05, 3.63) is 35.9 Å². The predicted molar refractivity (Wildman–Crippen MR) is 94.9 cm³/mol. The Labute approximate surface area is 138 Å². The van der Waals surface area contributed by atoms with E-state index in [1.165, 1.54) is 5.56 Å². The van der Waals surface area contributed by atoms with Crippen LogP contribution in [-0.4, -0.2) is 23.7 Å². The van der Waals surface area contributed by atoms with E-state index in [9.17, 15) is 4.79 Å². The lowest BCUT2D eigenvalue weighted by molar-refractivity contribution is -0.121. The number of amides is 1. The molecule has 1 aromatic carbocycles. The Hall–Kier alpha value is -0.710. The first-order valence-corrected chi connectivity index (χ1v) is 8.23. The van der Waals surface area contributed by atoms with Crippen LogP contribution in [0.15, 0.2) is 30.3 Å². The van der Waals surface area contributed by atoms with Crippen LogP contribution in [0.2, 0.25) is 0 Å². The number of halogens is 1. The number of rotatable bonds is 8. The van der Waals surface area contributed by atoms with E-state index < -0.39 is 0 Å². The van der Waals surface area contributed by atoms with Crippen LogP contribution in [-0.2, 0) is 10.5 Å². The number of hydrogen-bond donors (Lipinski definition) is 2. The molecule has 0 aliphatic rings. The molecule has 0 bridgehead atoms. The van der Waals surface area contributed by atoms with Crippen LogP contribution in [0, 0.1) is 5.92 Å². The van der Waals surface area contributed by atoms with Gasteiger partial charge in [-0.2, -0.15) is 0 Å². The molecular formula is C16H27ClN2OS. The Kier molecular flexibility index (Phi) is 10.6. The SMILES string of the molecule is CC(C)CC(CN)NC(=O)C(C)SCc1ccccc1.Cl. The molecule has 1 aromatic rings. The molecular weight excluding hydrogens is 304 g/mol. The Morgan fingerprint density at radius 1 is 1.24 bits per heavy atom. The van der Waals surface area contributed by atoms with Gasteiger partial charge in [0.2, 0.25) is 5.91 Å². The maximum atomic E-state index is 12.1. The summed E-state index contributed by atoms with van der Waals surface area (Å²) in [5.41, 5.74) is 6.96. The zero-order chi connectivity index (χ0) is 15.0. The monoisotopic (exact) mass is 330 g/mol. The third kappa shape index (κ3) is 8.34. The quantitative estimate of drug-likeness (QED) is 0.769. The molecule has 1 amide bonds. The number of nitrogens with two attached hydrogens (primary N) is 1. The van der Waals surface area contributed by atoms with Crippen molar-refractivity contribution in [2.45, 2.75) is 44.2 Å².